The zero-order valence-corrected chi connectivity index (χ0v) is 18.8. The van der Waals surface area contributed by atoms with E-state index in [9.17, 15) is 14.3 Å². The molecular weight excluding hydrogens is 419 g/mol. The van der Waals surface area contributed by atoms with Gasteiger partial charge in [0.15, 0.2) is 5.65 Å². The zero-order chi connectivity index (χ0) is 23.4. The molecule has 4 aromatic rings. The van der Waals surface area contributed by atoms with Gasteiger partial charge in [0.1, 0.15) is 11.4 Å². The SMILES string of the molecule is CCC(CCNC(=O)c1cnn2c(O)c(Cc3ccccc3F)c(C)nc12)c1ccccc1. The van der Waals surface area contributed by atoms with Crippen molar-refractivity contribution < 1.29 is 14.3 Å². The number of rotatable bonds is 8. The quantitative estimate of drug-likeness (QED) is 0.408. The summed E-state index contributed by atoms with van der Waals surface area (Å²) in [6, 6.07) is 16.7. The molecule has 6 nitrogen and oxygen atoms in total. The molecule has 4 rings (SSSR count). The number of halogens is 1. The van der Waals surface area contributed by atoms with Crippen molar-refractivity contribution in [3.8, 4) is 5.88 Å². The van der Waals surface area contributed by atoms with Crippen LogP contribution in [0.1, 0.15) is 58.4 Å². The van der Waals surface area contributed by atoms with E-state index in [1.165, 1.54) is 22.3 Å². The van der Waals surface area contributed by atoms with Crippen molar-refractivity contribution in [3.05, 3.63) is 94.6 Å². The average Bonchev–Trinajstić information content (AvgIpc) is 3.25. The van der Waals surface area contributed by atoms with Crippen LogP contribution in [-0.4, -0.2) is 32.2 Å². The van der Waals surface area contributed by atoms with Crippen molar-refractivity contribution in [1.29, 1.82) is 0 Å². The maximum atomic E-state index is 14.1. The molecule has 0 spiro atoms. The lowest BCUT2D eigenvalue weighted by Gasteiger charge is -2.15. The van der Waals surface area contributed by atoms with Crippen LogP contribution in [0.2, 0.25) is 0 Å². The fourth-order valence-corrected chi connectivity index (χ4v) is 4.11. The lowest BCUT2D eigenvalue weighted by Crippen LogP contribution is -2.25. The van der Waals surface area contributed by atoms with Gasteiger partial charge in [0, 0.05) is 24.2 Å². The highest BCUT2D eigenvalue weighted by Gasteiger charge is 2.21. The van der Waals surface area contributed by atoms with E-state index in [4.69, 9.17) is 0 Å². The molecule has 0 bridgehead atoms. The van der Waals surface area contributed by atoms with Gasteiger partial charge in [-0.2, -0.15) is 9.61 Å². The number of nitrogens with one attached hydrogen (secondary N) is 1. The first-order valence-electron chi connectivity index (χ1n) is 11.1. The summed E-state index contributed by atoms with van der Waals surface area (Å²) in [5.74, 6) is -0.422. The van der Waals surface area contributed by atoms with Gasteiger partial charge in [0.25, 0.3) is 5.91 Å². The Morgan fingerprint density at radius 3 is 2.61 bits per heavy atom. The molecule has 0 aliphatic rings. The Morgan fingerprint density at radius 2 is 1.88 bits per heavy atom. The summed E-state index contributed by atoms with van der Waals surface area (Å²) in [5.41, 5.74) is 3.26. The van der Waals surface area contributed by atoms with Gasteiger partial charge in [0.05, 0.1) is 6.20 Å². The minimum atomic E-state index is -0.349. The Kier molecular flexibility index (Phi) is 6.68. The molecule has 0 aliphatic carbocycles. The summed E-state index contributed by atoms with van der Waals surface area (Å²) in [6.45, 7) is 4.38. The van der Waals surface area contributed by atoms with Crippen LogP contribution in [0.3, 0.4) is 0 Å². The number of aromatic nitrogens is 3. The molecule has 0 aliphatic heterocycles. The monoisotopic (exact) mass is 446 g/mol. The second kappa shape index (κ2) is 9.81. The van der Waals surface area contributed by atoms with Gasteiger partial charge in [0.2, 0.25) is 5.88 Å². The number of hydrogen-bond acceptors (Lipinski definition) is 4. The summed E-state index contributed by atoms with van der Waals surface area (Å²) < 4.78 is 15.3. The number of nitrogens with zero attached hydrogens (tertiary/aromatic N) is 3. The molecule has 2 N–H and O–H groups in total. The molecule has 0 saturated carbocycles. The van der Waals surface area contributed by atoms with Crippen molar-refractivity contribution in [1.82, 2.24) is 19.9 Å². The highest BCUT2D eigenvalue weighted by atomic mass is 19.1. The van der Waals surface area contributed by atoms with Gasteiger partial charge in [-0.1, -0.05) is 55.5 Å². The first-order chi connectivity index (χ1) is 16.0. The number of aryl methyl sites for hydroxylation is 1. The molecule has 2 aromatic heterocycles. The molecule has 2 heterocycles. The Hall–Kier alpha value is -3.74. The van der Waals surface area contributed by atoms with Crippen molar-refractivity contribution in [3.63, 3.8) is 0 Å². The first-order valence-corrected chi connectivity index (χ1v) is 11.1. The predicted octanol–water partition coefficient (Wildman–Crippen LogP) is 4.79. The number of benzene rings is 2. The minimum Gasteiger partial charge on any atom is -0.493 e. The normalized spacial score (nSPS) is 12.1. The number of fused-ring (bicyclic) bond motifs is 1. The molecular formula is C26H27FN4O2. The molecule has 33 heavy (non-hydrogen) atoms. The predicted molar refractivity (Wildman–Crippen MR) is 125 cm³/mol. The maximum Gasteiger partial charge on any atom is 0.256 e. The van der Waals surface area contributed by atoms with Gasteiger partial charge >= 0.3 is 0 Å². The van der Waals surface area contributed by atoms with E-state index in [-0.39, 0.29) is 29.7 Å². The summed E-state index contributed by atoms with van der Waals surface area (Å²) in [7, 11) is 0. The van der Waals surface area contributed by atoms with E-state index in [1.807, 2.05) is 18.2 Å². The van der Waals surface area contributed by atoms with Gasteiger partial charge in [-0.3, -0.25) is 4.79 Å². The largest absolute Gasteiger partial charge is 0.493 e. The summed E-state index contributed by atoms with van der Waals surface area (Å²) in [6.07, 6.45) is 3.37. The first kappa shape index (κ1) is 22.5. The van der Waals surface area contributed by atoms with Gasteiger partial charge in [-0.15, -0.1) is 0 Å². The molecule has 1 amide bonds. The van der Waals surface area contributed by atoms with Crippen molar-refractivity contribution in [2.45, 2.75) is 39.0 Å². The fraction of sp³-hybridized carbons (Fsp3) is 0.269. The minimum absolute atomic E-state index is 0.144. The van der Waals surface area contributed by atoms with Crippen molar-refractivity contribution in [2.75, 3.05) is 6.54 Å². The molecule has 7 heteroatoms. The number of carbonyl (C=O) groups excluding carboxylic acids is 1. The van der Waals surface area contributed by atoms with Crippen LogP contribution in [-0.2, 0) is 6.42 Å². The molecule has 0 saturated heterocycles. The Morgan fingerprint density at radius 1 is 1.15 bits per heavy atom. The molecule has 2 aromatic carbocycles. The number of aromatic hydroxyl groups is 1. The Bertz CT molecular complexity index is 1270. The van der Waals surface area contributed by atoms with Crippen LogP contribution < -0.4 is 5.32 Å². The topological polar surface area (TPSA) is 79.5 Å². The molecule has 1 atom stereocenters. The van der Waals surface area contributed by atoms with Crippen LogP contribution in [0.4, 0.5) is 4.39 Å². The molecule has 170 valence electrons. The van der Waals surface area contributed by atoms with E-state index in [1.54, 1.807) is 25.1 Å². The van der Waals surface area contributed by atoms with E-state index in [2.05, 4.69) is 34.5 Å². The van der Waals surface area contributed by atoms with E-state index in [0.29, 0.717) is 34.8 Å². The summed E-state index contributed by atoms with van der Waals surface area (Å²) in [5, 5.41) is 17.9. The van der Waals surface area contributed by atoms with E-state index < -0.39 is 0 Å². The molecule has 0 fully saturated rings. The summed E-state index contributed by atoms with van der Waals surface area (Å²) >= 11 is 0. The standard InChI is InChI=1S/C26H27FN4O2/c1-3-18(19-9-5-4-6-10-19)13-14-28-25(32)22-16-29-31-24(22)30-17(2)21(26(31)33)15-20-11-7-8-12-23(20)27/h4-12,16,18,33H,3,13-15H2,1-2H3,(H,28,32). The van der Waals surface area contributed by atoms with Gasteiger partial charge in [-0.25, -0.2) is 9.37 Å². The van der Waals surface area contributed by atoms with Crippen LogP contribution >= 0.6 is 0 Å². The van der Waals surface area contributed by atoms with Crippen LogP contribution in [0.15, 0.2) is 60.8 Å². The second-order valence-corrected chi connectivity index (χ2v) is 8.12. The Balaban J connectivity index is 1.50. The Labute approximate surface area is 192 Å². The van der Waals surface area contributed by atoms with Gasteiger partial charge < -0.3 is 10.4 Å². The number of hydrogen-bond donors (Lipinski definition) is 2. The third kappa shape index (κ3) is 4.72. The highest BCUT2D eigenvalue weighted by Crippen LogP contribution is 2.26. The number of amides is 1. The zero-order valence-electron chi connectivity index (χ0n) is 18.8. The number of carbonyl (C=O) groups is 1. The van der Waals surface area contributed by atoms with Crippen molar-refractivity contribution >= 4 is 11.6 Å². The maximum absolute atomic E-state index is 14.1. The third-order valence-corrected chi connectivity index (χ3v) is 6.04. The summed E-state index contributed by atoms with van der Waals surface area (Å²) in [4.78, 5) is 17.3. The van der Waals surface area contributed by atoms with E-state index in [0.717, 1.165) is 12.8 Å². The van der Waals surface area contributed by atoms with E-state index >= 15 is 0 Å². The van der Waals surface area contributed by atoms with Crippen molar-refractivity contribution in [2.24, 2.45) is 0 Å². The average molecular weight is 447 g/mol. The van der Waals surface area contributed by atoms with Crippen LogP contribution in [0.5, 0.6) is 5.88 Å². The third-order valence-electron chi connectivity index (χ3n) is 6.04. The second-order valence-electron chi connectivity index (χ2n) is 8.12. The lowest BCUT2D eigenvalue weighted by atomic mass is 9.93. The lowest BCUT2D eigenvalue weighted by molar-refractivity contribution is 0.0954. The fourth-order valence-electron chi connectivity index (χ4n) is 4.11. The van der Waals surface area contributed by atoms with Crippen LogP contribution in [0.25, 0.3) is 5.65 Å². The highest BCUT2D eigenvalue weighted by molar-refractivity contribution is 5.99. The smallest absolute Gasteiger partial charge is 0.256 e. The molecule has 1 unspecified atom stereocenters. The van der Waals surface area contributed by atoms with Gasteiger partial charge in [-0.05, 0) is 42.9 Å². The molecule has 0 radical (unpaired) electrons. The van der Waals surface area contributed by atoms with Crippen LogP contribution in [0, 0.1) is 12.7 Å².